The van der Waals surface area contributed by atoms with Crippen LogP contribution in [0.15, 0.2) is 74.5 Å². The molecule has 0 N–H and O–H groups in total. The molecule has 4 rings (SSSR count). The number of hydrogen-bond donors (Lipinski definition) is 0. The van der Waals surface area contributed by atoms with Gasteiger partial charge in [0, 0.05) is 0 Å². The molecule has 2 aromatic carbocycles. The predicted molar refractivity (Wildman–Crippen MR) is 95.7 cm³/mol. The summed E-state index contributed by atoms with van der Waals surface area (Å²) < 4.78 is 30.1. The first kappa shape index (κ1) is 16.1. The van der Waals surface area contributed by atoms with Crippen LogP contribution in [0.1, 0.15) is 11.1 Å². The van der Waals surface area contributed by atoms with Crippen molar-refractivity contribution in [2.24, 2.45) is 0 Å². The monoisotopic (exact) mass is 350 g/mol. The Balaban J connectivity index is 1.82. The van der Waals surface area contributed by atoms with Crippen LogP contribution >= 0.6 is 0 Å². The van der Waals surface area contributed by atoms with Crippen LogP contribution in [0.4, 0.5) is 4.39 Å². The Labute approximate surface area is 148 Å². The standard InChI is InChI=1S/C21H15FO4/c1-13-4-9-17-16(11-13)19(23)21(20(26-17)18-3-2-10-24-18)25-12-14-5-7-15(22)8-6-14/h2-11H,12H2,1H3. The molecule has 0 saturated carbocycles. The largest absolute Gasteiger partial charge is 0.481 e. The average molecular weight is 350 g/mol. The normalized spacial score (nSPS) is 11.0. The predicted octanol–water partition coefficient (Wildman–Crippen LogP) is 5.08. The fourth-order valence-corrected chi connectivity index (χ4v) is 2.73. The van der Waals surface area contributed by atoms with Gasteiger partial charge in [0.1, 0.15) is 18.0 Å². The highest BCUT2D eigenvalue weighted by Crippen LogP contribution is 2.31. The van der Waals surface area contributed by atoms with E-state index in [0.29, 0.717) is 16.7 Å². The van der Waals surface area contributed by atoms with Crippen molar-refractivity contribution >= 4 is 11.0 Å². The summed E-state index contributed by atoms with van der Waals surface area (Å²) in [7, 11) is 0. The minimum absolute atomic E-state index is 0.0716. The van der Waals surface area contributed by atoms with Crippen molar-refractivity contribution < 1.29 is 18.0 Å². The summed E-state index contributed by atoms with van der Waals surface area (Å²) in [4.78, 5) is 13.0. The highest BCUT2D eigenvalue weighted by atomic mass is 19.1. The number of rotatable bonds is 4. The van der Waals surface area contributed by atoms with Crippen LogP contribution in [0, 0.1) is 12.7 Å². The zero-order valence-corrected chi connectivity index (χ0v) is 14.0. The molecule has 0 atom stereocenters. The van der Waals surface area contributed by atoms with E-state index < -0.39 is 0 Å². The van der Waals surface area contributed by atoms with Gasteiger partial charge in [0.05, 0.1) is 11.6 Å². The zero-order valence-electron chi connectivity index (χ0n) is 14.0. The molecular weight excluding hydrogens is 335 g/mol. The van der Waals surface area contributed by atoms with E-state index in [4.69, 9.17) is 13.6 Å². The van der Waals surface area contributed by atoms with Gasteiger partial charge in [-0.2, -0.15) is 0 Å². The lowest BCUT2D eigenvalue weighted by Gasteiger charge is -2.10. The molecule has 0 aliphatic heterocycles. The smallest absolute Gasteiger partial charge is 0.235 e. The maximum absolute atomic E-state index is 13.1. The molecule has 0 spiro atoms. The van der Waals surface area contributed by atoms with Crippen LogP contribution in [0.2, 0.25) is 0 Å². The quantitative estimate of drug-likeness (QED) is 0.515. The van der Waals surface area contributed by atoms with Crippen molar-refractivity contribution in [3.8, 4) is 17.3 Å². The van der Waals surface area contributed by atoms with Crippen molar-refractivity contribution in [1.82, 2.24) is 0 Å². The number of fused-ring (bicyclic) bond motifs is 1. The molecule has 26 heavy (non-hydrogen) atoms. The number of ether oxygens (including phenoxy) is 1. The molecule has 0 saturated heterocycles. The highest BCUT2D eigenvalue weighted by Gasteiger charge is 2.19. The minimum Gasteiger partial charge on any atom is -0.481 e. The van der Waals surface area contributed by atoms with Gasteiger partial charge in [-0.1, -0.05) is 23.8 Å². The van der Waals surface area contributed by atoms with Gasteiger partial charge in [-0.3, -0.25) is 4.79 Å². The van der Waals surface area contributed by atoms with Gasteiger partial charge in [0.2, 0.25) is 16.9 Å². The number of benzene rings is 2. The lowest BCUT2D eigenvalue weighted by atomic mass is 10.1. The second kappa shape index (κ2) is 6.52. The fraction of sp³-hybridized carbons (Fsp3) is 0.0952. The molecule has 0 bridgehead atoms. The van der Waals surface area contributed by atoms with Gasteiger partial charge in [-0.15, -0.1) is 0 Å². The summed E-state index contributed by atoms with van der Waals surface area (Å²) in [6.07, 6.45) is 1.50. The average Bonchev–Trinajstić information content (AvgIpc) is 3.17. The van der Waals surface area contributed by atoms with E-state index in [1.807, 2.05) is 13.0 Å². The van der Waals surface area contributed by atoms with E-state index in [1.54, 1.807) is 36.4 Å². The van der Waals surface area contributed by atoms with Crippen LogP contribution in [0.5, 0.6) is 5.75 Å². The summed E-state index contributed by atoms with van der Waals surface area (Å²) in [5.74, 6) is 0.380. The lowest BCUT2D eigenvalue weighted by molar-refractivity contribution is 0.296. The lowest BCUT2D eigenvalue weighted by Crippen LogP contribution is -2.10. The Hall–Kier alpha value is -3.34. The van der Waals surface area contributed by atoms with Crippen molar-refractivity contribution in [2.45, 2.75) is 13.5 Å². The SMILES string of the molecule is Cc1ccc2oc(-c3ccco3)c(OCc3ccc(F)cc3)c(=O)c2c1. The van der Waals surface area contributed by atoms with Crippen molar-refractivity contribution in [2.75, 3.05) is 0 Å². The van der Waals surface area contributed by atoms with Crippen LogP contribution in [-0.2, 0) is 6.61 Å². The first-order valence-corrected chi connectivity index (χ1v) is 8.10. The molecule has 2 aromatic heterocycles. The van der Waals surface area contributed by atoms with Gasteiger partial charge in [-0.05, 0) is 48.9 Å². The first-order chi connectivity index (χ1) is 12.6. The molecule has 5 heteroatoms. The van der Waals surface area contributed by atoms with Gasteiger partial charge in [-0.25, -0.2) is 4.39 Å². The topological polar surface area (TPSA) is 52.6 Å². The number of furan rings is 1. The highest BCUT2D eigenvalue weighted by molar-refractivity contribution is 5.81. The van der Waals surface area contributed by atoms with Crippen molar-refractivity contribution in [1.29, 1.82) is 0 Å². The Kier molecular flexibility index (Phi) is 4.05. The molecule has 4 nitrogen and oxygen atoms in total. The fourth-order valence-electron chi connectivity index (χ4n) is 2.73. The van der Waals surface area contributed by atoms with Crippen LogP contribution in [0.3, 0.4) is 0 Å². The molecule has 4 aromatic rings. The van der Waals surface area contributed by atoms with Gasteiger partial charge in [0.25, 0.3) is 0 Å². The van der Waals surface area contributed by atoms with Gasteiger partial charge in [0.15, 0.2) is 5.76 Å². The molecule has 0 unspecified atom stereocenters. The van der Waals surface area contributed by atoms with Gasteiger partial charge >= 0.3 is 0 Å². The summed E-state index contributed by atoms with van der Waals surface area (Å²) in [6.45, 7) is 2.01. The number of aryl methyl sites for hydroxylation is 1. The summed E-state index contributed by atoms with van der Waals surface area (Å²) in [5, 5.41) is 0.439. The van der Waals surface area contributed by atoms with E-state index in [-0.39, 0.29) is 29.4 Å². The van der Waals surface area contributed by atoms with Crippen LogP contribution in [0.25, 0.3) is 22.5 Å². The molecule has 2 heterocycles. The van der Waals surface area contributed by atoms with E-state index in [2.05, 4.69) is 0 Å². The van der Waals surface area contributed by atoms with Crippen molar-refractivity contribution in [3.05, 3.63) is 88.0 Å². The number of halogens is 1. The Bertz CT molecular complexity index is 1110. The third kappa shape index (κ3) is 2.99. The molecule has 0 aliphatic rings. The van der Waals surface area contributed by atoms with Crippen molar-refractivity contribution in [3.63, 3.8) is 0 Å². The maximum Gasteiger partial charge on any atom is 0.235 e. The molecule has 0 aliphatic carbocycles. The Morgan fingerprint density at radius 3 is 2.62 bits per heavy atom. The maximum atomic E-state index is 13.1. The second-order valence-corrected chi connectivity index (χ2v) is 5.98. The van der Waals surface area contributed by atoms with Gasteiger partial charge < -0.3 is 13.6 Å². The summed E-state index contributed by atoms with van der Waals surface area (Å²) in [5.41, 5.74) is 1.87. The Morgan fingerprint density at radius 2 is 1.88 bits per heavy atom. The molecule has 0 fully saturated rings. The second-order valence-electron chi connectivity index (χ2n) is 5.98. The Morgan fingerprint density at radius 1 is 1.08 bits per heavy atom. The molecule has 0 radical (unpaired) electrons. The third-order valence-electron chi connectivity index (χ3n) is 4.05. The summed E-state index contributed by atoms with van der Waals surface area (Å²) >= 11 is 0. The minimum atomic E-state index is -0.328. The molecule has 0 amide bonds. The third-order valence-corrected chi connectivity index (χ3v) is 4.05. The van der Waals surface area contributed by atoms with Crippen LogP contribution < -0.4 is 10.2 Å². The van der Waals surface area contributed by atoms with Crippen LogP contribution in [-0.4, -0.2) is 0 Å². The number of hydrogen-bond acceptors (Lipinski definition) is 4. The molecular formula is C21H15FO4. The van der Waals surface area contributed by atoms with E-state index in [9.17, 15) is 9.18 Å². The molecule has 130 valence electrons. The first-order valence-electron chi connectivity index (χ1n) is 8.10. The van der Waals surface area contributed by atoms with E-state index in [0.717, 1.165) is 11.1 Å². The zero-order chi connectivity index (χ0) is 18.1. The summed E-state index contributed by atoms with van der Waals surface area (Å²) in [6, 6.07) is 14.7. The van der Waals surface area contributed by atoms with E-state index in [1.165, 1.54) is 18.4 Å². The van der Waals surface area contributed by atoms with E-state index >= 15 is 0 Å².